The van der Waals surface area contributed by atoms with Crippen molar-refractivity contribution in [3.63, 3.8) is 0 Å². The molecule has 3 heteroatoms. The fourth-order valence-corrected chi connectivity index (χ4v) is 12.3. The number of imidazole rings is 1. The number of benzene rings is 9. The van der Waals surface area contributed by atoms with Crippen LogP contribution in [-0.4, -0.2) is 9.55 Å². The molecule has 13 rings (SSSR count). The van der Waals surface area contributed by atoms with E-state index in [-0.39, 0.29) is 10.8 Å². The Hall–Kier alpha value is -7.33. The molecule has 0 N–H and O–H groups in total. The molecule has 2 heterocycles. The summed E-state index contributed by atoms with van der Waals surface area (Å²) in [6.07, 6.45) is 0. The van der Waals surface area contributed by atoms with E-state index < -0.39 is 0 Å². The van der Waals surface area contributed by atoms with Crippen LogP contribution in [0.2, 0.25) is 0 Å². The van der Waals surface area contributed by atoms with Crippen LogP contribution in [0.3, 0.4) is 0 Å². The Balaban J connectivity index is 0.981. The van der Waals surface area contributed by atoms with E-state index in [0.717, 1.165) is 28.1 Å². The molecule has 0 unspecified atom stereocenters. The van der Waals surface area contributed by atoms with Crippen LogP contribution in [0.5, 0.6) is 0 Å². The predicted molar refractivity (Wildman–Crippen MR) is 271 cm³/mol. The van der Waals surface area contributed by atoms with Crippen LogP contribution in [-0.2, 0) is 10.8 Å². The number of thiophene rings is 1. The number of hydrogen-bond donors (Lipinski definition) is 0. The number of hydrogen-bond acceptors (Lipinski definition) is 2. The largest absolute Gasteiger partial charge is 0.292 e. The molecule has 2 nitrogen and oxygen atoms in total. The van der Waals surface area contributed by atoms with E-state index in [1.165, 1.54) is 98.1 Å². The lowest BCUT2D eigenvalue weighted by Gasteiger charge is -2.22. The first-order valence-electron chi connectivity index (χ1n) is 22.4. The Morgan fingerprint density at radius 2 is 0.906 bits per heavy atom. The smallest absolute Gasteiger partial charge is 0.145 e. The summed E-state index contributed by atoms with van der Waals surface area (Å²) in [6, 6.07) is 72.2. The zero-order chi connectivity index (χ0) is 42.9. The van der Waals surface area contributed by atoms with Crippen molar-refractivity contribution in [1.82, 2.24) is 9.55 Å². The zero-order valence-electron chi connectivity index (χ0n) is 36.3. The fraction of sp³-hybridized carbons (Fsp3) is 0.0984. The highest BCUT2D eigenvalue weighted by atomic mass is 32.1. The third-order valence-electron chi connectivity index (χ3n) is 14.4. The lowest BCUT2D eigenvalue weighted by Crippen LogP contribution is -2.14. The summed E-state index contributed by atoms with van der Waals surface area (Å²) in [5.74, 6) is 0.938. The first kappa shape index (κ1) is 37.2. The van der Waals surface area contributed by atoms with E-state index >= 15 is 0 Å². The van der Waals surface area contributed by atoms with Gasteiger partial charge in [-0.1, -0.05) is 161 Å². The molecule has 0 saturated carbocycles. The van der Waals surface area contributed by atoms with Crippen molar-refractivity contribution >= 4 is 42.5 Å². The average molecular weight is 837 g/mol. The van der Waals surface area contributed by atoms with E-state index in [9.17, 15) is 0 Å². The second kappa shape index (κ2) is 13.6. The van der Waals surface area contributed by atoms with Crippen molar-refractivity contribution in [2.45, 2.75) is 38.5 Å². The molecule has 11 aromatic rings. The summed E-state index contributed by atoms with van der Waals surface area (Å²) in [6.45, 7) is 9.47. The normalized spacial score (nSPS) is 14.2. The third-order valence-corrected chi connectivity index (χ3v) is 15.7. The molecule has 0 atom stereocenters. The molecule has 0 bridgehead atoms. The van der Waals surface area contributed by atoms with Crippen LogP contribution < -0.4 is 0 Å². The number of rotatable bonds is 5. The molecule has 0 aliphatic heterocycles. The quantitative estimate of drug-likeness (QED) is 0.169. The second-order valence-corrected chi connectivity index (χ2v) is 19.8. The molecule has 0 saturated heterocycles. The van der Waals surface area contributed by atoms with Crippen LogP contribution in [0.1, 0.15) is 49.9 Å². The minimum Gasteiger partial charge on any atom is -0.292 e. The van der Waals surface area contributed by atoms with Crippen LogP contribution in [0.25, 0.3) is 104 Å². The van der Waals surface area contributed by atoms with E-state index in [4.69, 9.17) is 4.98 Å². The summed E-state index contributed by atoms with van der Waals surface area (Å²) < 4.78 is 4.88. The second-order valence-electron chi connectivity index (χ2n) is 18.7. The van der Waals surface area contributed by atoms with Gasteiger partial charge >= 0.3 is 0 Å². The van der Waals surface area contributed by atoms with Crippen molar-refractivity contribution in [3.05, 3.63) is 216 Å². The standard InChI is InChI=1S/C61H44N2S/c1-60(2)51-18-10-8-16-44(51)46-29-26-40(35-53(46)60)39-28-31-57-49(32-39)50-34-42(41-27-30-47-45-17-9-11-19-52(45)61(3,4)54(47)36-41)33-48(58(50)64-57)37-22-24-38(25-23-37)59-62-55-20-12-13-21-56(55)63(59)43-14-6-5-7-15-43/h5-36H,1-4H3. The molecule has 0 amide bonds. The maximum Gasteiger partial charge on any atom is 0.145 e. The highest BCUT2D eigenvalue weighted by Crippen LogP contribution is 2.52. The Bertz CT molecular complexity index is 3710. The minimum atomic E-state index is -0.0866. The SMILES string of the molecule is CC1(C)c2ccccc2-c2ccc(-c3ccc4sc5c(-c6ccc(-c7nc8ccccc8n7-c7ccccc7)cc6)cc(-c6ccc7c(c6)C(C)(C)c6ccccc6-7)cc5c4c3)cc21. The van der Waals surface area contributed by atoms with Crippen LogP contribution in [0, 0.1) is 0 Å². The Morgan fingerprint density at radius 3 is 1.59 bits per heavy atom. The van der Waals surface area contributed by atoms with Crippen molar-refractivity contribution < 1.29 is 0 Å². The molecule has 0 radical (unpaired) electrons. The summed E-state index contributed by atoms with van der Waals surface area (Å²) in [4.78, 5) is 5.19. The lowest BCUT2D eigenvalue weighted by molar-refractivity contribution is 0.660. The van der Waals surface area contributed by atoms with Crippen molar-refractivity contribution in [2.24, 2.45) is 0 Å². The van der Waals surface area contributed by atoms with E-state index in [2.05, 4.69) is 226 Å². The molecule has 2 aliphatic carbocycles. The molecule has 64 heavy (non-hydrogen) atoms. The molecule has 0 spiro atoms. The van der Waals surface area contributed by atoms with Gasteiger partial charge in [-0.3, -0.25) is 4.57 Å². The van der Waals surface area contributed by atoms with E-state index in [1.54, 1.807) is 0 Å². The maximum absolute atomic E-state index is 5.19. The number of fused-ring (bicyclic) bond motifs is 10. The Morgan fingerprint density at radius 1 is 0.391 bits per heavy atom. The third kappa shape index (κ3) is 5.41. The molecule has 304 valence electrons. The summed E-state index contributed by atoms with van der Waals surface area (Å²) in [5.41, 5.74) is 22.5. The maximum atomic E-state index is 5.19. The van der Waals surface area contributed by atoms with Crippen molar-refractivity contribution in [1.29, 1.82) is 0 Å². The van der Waals surface area contributed by atoms with Gasteiger partial charge in [0.25, 0.3) is 0 Å². The topological polar surface area (TPSA) is 17.8 Å². The minimum absolute atomic E-state index is 0.0551. The van der Waals surface area contributed by atoms with Crippen LogP contribution in [0.4, 0.5) is 0 Å². The summed E-state index contributed by atoms with van der Waals surface area (Å²) >= 11 is 1.90. The van der Waals surface area contributed by atoms with Crippen LogP contribution >= 0.6 is 11.3 Å². The van der Waals surface area contributed by atoms with Crippen molar-refractivity contribution in [2.75, 3.05) is 0 Å². The number of aromatic nitrogens is 2. The fourth-order valence-electron chi connectivity index (χ4n) is 11.1. The van der Waals surface area contributed by atoms with E-state index in [1.807, 2.05) is 11.3 Å². The molecular weight excluding hydrogens is 793 g/mol. The van der Waals surface area contributed by atoms with Gasteiger partial charge in [0.2, 0.25) is 0 Å². The molecule has 9 aromatic carbocycles. The van der Waals surface area contributed by atoms with Gasteiger partial charge < -0.3 is 0 Å². The van der Waals surface area contributed by atoms with Gasteiger partial charge in [-0.15, -0.1) is 11.3 Å². The molecular formula is C61H44N2S. The Kier molecular flexibility index (Phi) is 7.91. The number of nitrogens with zero attached hydrogens (tertiary/aromatic N) is 2. The van der Waals surface area contributed by atoms with Gasteiger partial charge in [0.15, 0.2) is 0 Å². The van der Waals surface area contributed by atoms with Crippen LogP contribution in [0.15, 0.2) is 194 Å². The first-order valence-corrected chi connectivity index (χ1v) is 23.2. The highest BCUT2D eigenvalue weighted by Gasteiger charge is 2.36. The van der Waals surface area contributed by atoms with Gasteiger partial charge in [-0.05, 0) is 133 Å². The van der Waals surface area contributed by atoms with E-state index in [0.29, 0.717) is 0 Å². The molecule has 2 aliphatic rings. The van der Waals surface area contributed by atoms with Gasteiger partial charge in [-0.25, -0.2) is 4.98 Å². The molecule has 2 aromatic heterocycles. The van der Waals surface area contributed by atoms with Gasteiger partial charge in [-0.2, -0.15) is 0 Å². The highest BCUT2D eigenvalue weighted by molar-refractivity contribution is 7.26. The van der Waals surface area contributed by atoms with Crippen molar-refractivity contribution in [3.8, 4) is 72.7 Å². The average Bonchev–Trinajstić information content (AvgIpc) is 4.04. The van der Waals surface area contributed by atoms with Gasteiger partial charge in [0.1, 0.15) is 5.82 Å². The summed E-state index contributed by atoms with van der Waals surface area (Å²) in [7, 11) is 0. The van der Waals surface area contributed by atoms with Gasteiger partial charge in [0, 0.05) is 47.8 Å². The Labute approximate surface area is 377 Å². The van der Waals surface area contributed by atoms with Gasteiger partial charge in [0.05, 0.1) is 11.0 Å². The zero-order valence-corrected chi connectivity index (χ0v) is 37.1. The number of para-hydroxylation sites is 3. The first-order chi connectivity index (χ1) is 31.2. The molecule has 0 fully saturated rings. The monoisotopic (exact) mass is 836 g/mol. The summed E-state index contributed by atoms with van der Waals surface area (Å²) in [5, 5.41) is 2.59. The lowest BCUT2D eigenvalue weighted by atomic mass is 9.81. The predicted octanol–water partition coefficient (Wildman–Crippen LogP) is 16.7.